The number of anilines is 1. The Morgan fingerprint density at radius 1 is 1.09 bits per heavy atom. The number of rotatable bonds is 5. The number of halogens is 2. The van der Waals surface area contributed by atoms with Gasteiger partial charge in [0.05, 0.1) is 23.9 Å². The number of amides is 1. The lowest BCUT2D eigenvalue weighted by atomic mass is 9.95. The van der Waals surface area contributed by atoms with Gasteiger partial charge in [0.1, 0.15) is 22.3 Å². The molecule has 0 spiro atoms. The number of nitrogens with zero attached hydrogens (tertiary/aromatic N) is 2. The van der Waals surface area contributed by atoms with E-state index in [1.165, 1.54) is 24.3 Å². The zero-order chi connectivity index (χ0) is 24.6. The third kappa shape index (κ3) is 4.08. The molecule has 1 aromatic heterocycles. The number of esters is 1. The second kappa shape index (κ2) is 9.14. The minimum absolute atomic E-state index is 0.0372. The van der Waals surface area contributed by atoms with Gasteiger partial charge in [-0.1, -0.05) is 23.5 Å². The van der Waals surface area contributed by atoms with Crippen molar-refractivity contribution in [1.29, 1.82) is 0 Å². The Hall–Kier alpha value is -3.92. The fraction of sp³-hybridized carbons (Fsp3) is 0.167. The highest BCUT2D eigenvalue weighted by molar-refractivity contribution is 7.17. The molecule has 4 rings (SSSR count). The molecule has 0 bridgehead atoms. The summed E-state index contributed by atoms with van der Waals surface area (Å²) in [5.74, 6) is -4.20. The van der Waals surface area contributed by atoms with Crippen molar-refractivity contribution in [3.05, 3.63) is 87.4 Å². The molecule has 7 nitrogen and oxygen atoms in total. The average Bonchev–Trinajstić information content (AvgIpc) is 3.31. The van der Waals surface area contributed by atoms with Crippen LogP contribution < -0.4 is 4.90 Å². The Morgan fingerprint density at radius 3 is 2.26 bits per heavy atom. The van der Waals surface area contributed by atoms with Gasteiger partial charge in [-0.25, -0.2) is 18.6 Å². The number of aliphatic hydroxyl groups is 1. The second-order valence-corrected chi connectivity index (χ2v) is 8.34. The maximum Gasteiger partial charge on any atom is 0.350 e. The lowest BCUT2D eigenvalue weighted by Crippen LogP contribution is -2.29. The number of hydrogen-bond acceptors (Lipinski definition) is 7. The normalized spacial score (nSPS) is 17.3. The van der Waals surface area contributed by atoms with Gasteiger partial charge >= 0.3 is 11.9 Å². The van der Waals surface area contributed by atoms with Gasteiger partial charge in [0.15, 0.2) is 5.13 Å². The van der Waals surface area contributed by atoms with Crippen molar-refractivity contribution in [2.75, 3.05) is 11.5 Å². The standard InChI is InChI=1S/C24H18F2N2O5S/c1-3-33-23(32)21-12(2)27-24(34-21)28-18(13-4-8-15(25)9-5-13)17(20(30)22(28)31)19(29)14-6-10-16(26)11-7-14/h4-11,18,29H,3H2,1-2H3. The highest BCUT2D eigenvalue weighted by Gasteiger charge is 2.48. The van der Waals surface area contributed by atoms with E-state index in [2.05, 4.69) is 4.98 Å². The fourth-order valence-corrected chi connectivity index (χ4v) is 4.61. The van der Waals surface area contributed by atoms with Crippen LogP contribution in [0.15, 0.2) is 54.1 Å². The number of benzene rings is 2. The molecule has 1 fully saturated rings. The molecule has 1 amide bonds. The molecule has 1 unspecified atom stereocenters. The molecule has 0 aliphatic carbocycles. The molecule has 10 heteroatoms. The molecule has 1 atom stereocenters. The molecule has 34 heavy (non-hydrogen) atoms. The Labute approximate surface area is 196 Å². The number of thiazole rings is 1. The van der Waals surface area contributed by atoms with Crippen LogP contribution in [0.4, 0.5) is 13.9 Å². The third-order valence-corrected chi connectivity index (χ3v) is 6.34. The summed E-state index contributed by atoms with van der Waals surface area (Å²) in [6, 6.07) is 8.66. The maximum atomic E-state index is 13.6. The number of carbonyl (C=O) groups is 3. The topological polar surface area (TPSA) is 96.8 Å². The molecule has 0 radical (unpaired) electrons. The van der Waals surface area contributed by atoms with Crippen molar-refractivity contribution in [2.24, 2.45) is 0 Å². The van der Waals surface area contributed by atoms with Gasteiger partial charge in [-0.3, -0.25) is 14.5 Å². The fourth-order valence-electron chi connectivity index (χ4n) is 3.62. The summed E-state index contributed by atoms with van der Waals surface area (Å²) in [6.45, 7) is 3.36. The number of ketones is 1. The van der Waals surface area contributed by atoms with Crippen LogP contribution in [0.2, 0.25) is 0 Å². The molecule has 174 valence electrons. The van der Waals surface area contributed by atoms with Gasteiger partial charge in [-0.15, -0.1) is 0 Å². The van der Waals surface area contributed by atoms with Crippen LogP contribution >= 0.6 is 11.3 Å². The molecule has 1 saturated heterocycles. The minimum Gasteiger partial charge on any atom is -0.507 e. The van der Waals surface area contributed by atoms with Crippen LogP contribution in [0, 0.1) is 18.6 Å². The Kier molecular flexibility index (Phi) is 6.25. The van der Waals surface area contributed by atoms with E-state index >= 15 is 0 Å². The van der Waals surface area contributed by atoms with Gasteiger partial charge < -0.3 is 9.84 Å². The number of ether oxygens (including phenoxy) is 1. The van der Waals surface area contributed by atoms with E-state index in [-0.39, 0.29) is 27.8 Å². The molecular formula is C24H18F2N2O5S. The predicted octanol–water partition coefficient (Wildman–Crippen LogP) is 4.53. The quantitative estimate of drug-likeness (QED) is 0.247. The number of carbonyl (C=O) groups excluding carboxylic acids is 3. The monoisotopic (exact) mass is 484 g/mol. The lowest BCUT2D eigenvalue weighted by molar-refractivity contribution is -0.132. The van der Waals surface area contributed by atoms with Gasteiger partial charge in [-0.2, -0.15) is 0 Å². The highest BCUT2D eigenvalue weighted by atomic mass is 32.1. The molecular weight excluding hydrogens is 466 g/mol. The Bertz CT molecular complexity index is 1320. The molecule has 3 aromatic rings. The first-order valence-electron chi connectivity index (χ1n) is 10.2. The van der Waals surface area contributed by atoms with Crippen LogP contribution in [0.1, 0.15) is 39.5 Å². The third-order valence-electron chi connectivity index (χ3n) is 5.20. The summed E-state index contributed by atoms with van der Waals surface area (Å²) in [7, 11) is 0. The van der Waals surface area contributed by atoms with E-state index in [0.29, 0.717) is 11.3 Å². The van der Waals surface area contributed by atoms with Crippen LogP contribution in [0.3, 0.4) is 0 Å². The van der Waals surface area contributed by atoms with E-state index in [1.807, 2.05) is 0 Å². The number of aliphatic hydroxyl groups excluding tert-OH is 1. The first-order valence-corrected chi connectivity index (χ1v) is 11.0. The molecule has 2 heterocycles. The number of Topliss-reactive ketones (excluding diaryl/α,β-unsaturated/α-hetero) is 1. The SMILES string of the molecule is CCOC(=O)c1sc(N2C(=O)C(=O)C(=C(O)c3ccc(F)cc3)C2c2ccc(F)cc2)nc1C. The van der Waals surface area contributed by atoms with Crippen molar-refractivity contribution in [3.63, 3.8) is 0 Å². The first kappa shape index (κ1) is 23.2. The van der Waals surface area contributed by atoms with Crippen molar-refractivity contribution in [2.45, 2.75) is 19.9 Å². The molecule has 0 saturated carbocycles. The van der Waals surface area contributed by atoms with Crippen LogP contribution in [0.25, 0.3) is 5.76 Å². The van der Waals surface area contributed by atoms with Crippen molar-refractivity contribution in [3.8, 4) is 0 Å². The van der Waals surface area contributed by atoms with Crippen molar-refractivity contribution < 1.29 is 33.0 Å². The molecule has 2 aromatic carbocycles. The van der Waals surface area contributed by atoms with E-state index in [4.69, 9.17) is 4.74 Å². The molecule has 1 aliphatic heterocycles. The smallest absolute Gasteiger partial charge is 0.350 e. The Morgan fingerprint density at radius 2 is 1.68 bits per heavy atom. The second-order valence-electron chi connectivity index (χ2n) is 7.36. The van der Waals surface area contributed by atoms with Gasteiger partial charge in [0.25, 0.3) is 5.78 Å². The van der Waals surface area contributed by atoms with Gasteiger partial charge in [0.2, 0.25) is 0 Å². The summed E-state index contributed by atoms with van der Waals surface area (Å²) in [4.78, 5) is 44.0. The van der Waals surface area contributed by atoms with Crippen molar-refractivity contribution in [1.82, 2.24) is 4.98 Å². The van der Waals surface area contributed by atoms with Crippen LogP contribution in [0.5, 0.6) is 0 Å². The van der Waals surface area contributed by atoms with E-state index in [1.54, 1.807) is 13.8 Å². The minimum atomic E-state index is -1.16. The van der Waals surface area contributed by atoms with Crippen LogP contribution in [-0.4, -0.2) is 34.4 Å². The highest BCUT2D eigenvalue weighted by Crippen LogP contribution is 2.43. The van der Waals surface area contributed by atoms with E-state index in [9.17, 15) is 28.3 Å². The zero-order valence-electron chi connectivity index (χ0n) is 18.0. The zero-order valence-corrected chi connectivity index (χ0v) is 18.9. The number of hydrogen-bond donors (Lipinski definition) is 1. The summed E-state index contributed by atoms with van der Waals surface area (Å²) in [5.41, 5.74) is 0.481. The van der Waals surface area contributed by atoms with Crippen molar-refractivity contribution >= 4 is 39.9 Å². The maximum absolute atomic E-state index is 13.6. The predicted molar refractivity (Wildman–Crippen MR) is 120 cm³/mol. The van der Waals surface area contributed by atoms with E-state index in [0.717, 1.165) is 40.5 Å². The Balaban J connectivity index is 1.90. The first-order chi connectivity index (χ1) is 16.2. The number of aryl methyl sites for hydroxylation is 1. The van der Waals surface area contributed by atoms with Crippen LogP contribution in [-0.2, 0) is 14.3 Å². The van der Waals surface area contributed by atoms with Gasteiger partial charge in [-0.05, 0) is 55.8 Å². The van der Waals surface area contributed by atoms with E-state index < -0.39 is 41.1 Å². The summed E-state index contributed by atoms with van der Waals surface area (Å²) >= 11 is 0.863. The molecule has 1 aliphatic rings. The summed E-state index contributed by atoms with van der Waals surface area (Å²) in [5, 5.41) is 11.0. The number of aromatic nitrogens is 1. The average molecular weight is 484 g/mol. The largest absolute Gasteiger partial charge is 0.507 e. The molecule has 1 N–H and O–H groups in total. The lowest BCUT2D eigenvalue weighted by Gasteiger charge is -2.23. The van der Waals surface area contributed by atoms with Gasteiger partial charge in [0, 0.05) is 5.56 Å². The summed E-state index contributed by atoms with van der Waals surface area (Å²) < 4.78 is 32.0. The summed E-state index contributed by atoms with van der Waals surface area (Å²) in [6.07, 6.45) is 0.